The van der Waals surface area contributed by atoms with Crippen LogP contribution in [0, 0.1) is 0 Å². The van der Waals surface area contributed by atoms with E-state index in [-0.39, 0.29) is 5.56 Å². The molecule has 1 aromatic heterocycles. The number of pyridine rings is 1. The Balaban J connectivity index is 1.49. The maximum Gasteiger partial charge on any atom is 0.312 e. The number of carbonyl (C=O) groups excluding carboxylic acids is 1. The fraction of sp³-hybridized carbons (Fsp3) is 0.259. The van der Waals surface area contributed by atoms with Gasteiger partial charge in [-0.2, -0.15) is 0 Å². The topological polar surface area (TPSA) is 100 Å². The monoisotopic (exact) mass is 492 g/mol. The van der Waals surface area contributed by atoms with Crippen molar-refractivity contribution >= 4 is 29.3 Å². The smallest absolute Gasteiger partial charge is 0.312 e. The summed E-state index contributed by atoms with van der Waals surface area (Å²) >= 11 is 5.97. The number of carbonyl (C=O) groups is 1. The average molecular weight is 493 g/mol. The number of aromatic nitrogens is 1. The lowest BCUT2D eigenvalue weighted by Crippen LogP contribution is -2.35. The van der Waals surface area contributed by atoms with E-state index in [2.05, 4.69) is 39.5 Å². The Kier molecular flexibility index (Phi) is 7.90. The predicted molar refractivity (Wildman–Crippen MR) is 139 cm³/mol. The minimum absolute atomic E-state index is 0.156. The lowest BCUT2D eigenvalue weighted by Gasteiger charge is -2.21. The highest BCUT2D eigenvalue weighted by molar-refractivity contribution is 6.30. The molecule has 0 saturated heterocycles. The molecule has 0 fully saturated rings. The lowest BCUT2D eigenvalue weighted by atomic mass is 9.88. The van der Waals surface area contributed by atoms with Crippen molar-refractivity contribution in [2.24, 2.45) is 5.73 Å². The molecule has 0 spiro atoms. The van der Waals surface area contributed by atoms with Crippen molar-refractivity contribution < 1.29 is 9.53 Å². The molecule has 2 aromatic carbocycles. The second-order valence-electron chi connectivity index (χ2n) is 8.69. The molecule has 0 radical (unpaired) electrons. The van der Waals surface area contributed by atoms with Gasteiger partial charge in [-0.25, -0.2) is 4.79 Å². The zero-order chi connectivity index (χ0) is 24.8. The summed E-state index contributed by atoms with van der Waals surface area (Å²) in [7, 11) is 2.01. The number of allylic oxidation sites excluding steroid dienone is 1. The first kappa shape index (κ1) is 24.6. The molecule has 3 aromatic rings. The molecule has 35 heavy (non-hydrogen) atoms. The van der Waals surface area contributed by atoms with Gasteiger partial charge in [0.05, 0.1) is 5.56 Å². The van der Waals surface area contributed by atoms with E-state index in [0.717, 1.165) is 36.1 Å². The molecule has 1 aliphatic rings. The minimum Gasteiger partial charge on any atom is -0.488 e. The van der Waals surface area contributed by atoms with Gasteiger partial charge in [0.2, 0.25) is 0 Å². The van der Waals surface area contributed by atoms with Crippen LogP contribution in [-0.4, -0.2) is 36.1 Å². The first-order valence-corrected chi connectivity index (χ1v) is 11.9. The van der Waals surface area contributed by atoms with Gasteiger partial charge in [0.15, 0.2) is 0 Å². The van der Waals surface area contributed by atoms with E-state index in [1.54, 1.807) is 12.3 Å². The molecule has 1 aliphatic carbocycles. The molecule has 1 heterocycles. The van der Waals surface area contributed by atoms with Crippen LogP contribution in [0.2, 0.25) is 5.02 Å². The van der Waals surface area contributed by atoms with E-state index in [0.29, 0.717) is 36.0 Å². The number of nitrogens with one attached hydrogen (secondary N) is 2. The summed E-state index contributed by atoms with van der Waals surface area (Å²) in [5.41, 5.74) is 11.1. The Bertz CT molecular complexity index is 1280. The zero-order valence-corrected chi connectivity index (χ0v) is 20.4. The summed E-state index contributed by atoms with van der Waals surface area (Å²) in [5.74, 6) is 0.571. The number of hydrogen-bond acceptors (Lipinski definition) is 4. The minimum atomic E-state index is -0.509. The molecule has 182 valence electrons. The summed E-state index contributed by atoms with van der Waals surface area (Å²) < 4.78 is 6.05. The third-order valence-electron chi connectivity index (χ3n) is 6.00. The normalized spacial score (nSPS) is 12.7. The van der Waals surface area contributed by atoms with Crippen LogP contribution in [0.1, 0.15) is 34.2 Å². The molecule has 0 atom stereocenters. The van der Waals surface area contributed by atoms with Crippen LogP contribution in [0.5, 0.6) is 5.75 Å². The van der Waals surface area contributed by atoms with Crippen molar-refractivity contribution in [1.29, 1.82) is 0 Å². The van der Waals surface area contributed by atoms with Gasteiger partial charge in [0.1, 0.15) is 12.4 Å². The fourth-order valence-electron chi connectivity index (χ4n) is 4.23. The Morgan fingerprint density at radius 2 is 1.91 bits per heavy atom. The van der Waals surface area contributed by atoms with Gasteiger partial charge in [0, 0.05) is 30.9 Å². The van der Waals surface area contributed by atoms with Crippen molar-refractivity contribution in [3.05, 3.63) is 97.9 Å². The van der Waals surface area contributed by atoms with Crippen LogP contribution >= 0.6 is 11.6 Å². The number of aromatic amines is 1. The standard InChI is InChI=1S/C27H29ClN4O3/c1-32(13-12-31-27(29)34)16-19-2-5-21-15-22(7-6-20(21)14-19)25-24(10-11-30-26(25)33)35-17-18-3-8-23(28)9-4-18/h2-5,8-11,14-15H,6-7,12-13,16-17H2,1H3,(H,30,33)(H3,29,31,34). The fourth-order valence-corrected chi connectivity index (χ4v) is 4.35. The molecule has 7 nitrogen and oxygen atoms in total. The summed E-state index contributed by atoms with van der Waals surface area (Å²) in [5, 5.41) is 3.28. The Labute approximate surface area is 209 Å². The van der Waals surface area contributed by atoms with E-state index >= 15 is 0 Å². The predicted octanol–water partition coefficient (Wildman–Crippen LogP) is 4.19. The van der Waals surface area contributed by atoms with Crippen molar-refractivity contribution in [1.82, 2.24) is 15.2 Å². The van der Waals surface area contributed by atoms with E-state index in [1.807, 2.05) is 31.3 Å². The lowest BCUT2D eigenvalue weighted by molar-refractivity contribution is 0.246. The molecule has 4 N–H and O–H groups in total. The van der Waals surface area contributed by atoms with Gasteiger partial charge in [-0.3, -0.25) is 4.79 Å². The Morgan fingerprint density at radius 1 is 1.14 bits per heavy atom. The molecule has 0 bridgehead atoms. The SMILES string of the molecule is CN(CCNC(N)=O)Cc1ccc2c(c1)CCC(c1c(OCc3ccc(Cl)cc3)cc[nH]c1=O)=C2. The summed E-state index contributed by atoms with van der Waals surface area (Å²) in [6, 6.07) is 15.2. The Morgan fingerprint density at radius 3 is 2.69 bits per heavy atom. The maximum atomic E-state index is 12.8. The first-order valence-electron chi connectivity index (χ1n) is 11.5. The average Bonchev–Trinajstić information content (AvgIpc) is 2.83. The Hall–Kier alpha value is -3.55. The van der Waals surface area contributed by atoms with Crippen molar-refractivity contribution in [3.63, 3.8) is 0 Å². The van der Waals surface area contributed by atoms with Crippen molar-refractivity contribution in [2.75, 3.05) is 20.1 Å². The molecule has 2 amide bonds. The van der Waals surface area contributed by atoms with Gasteiger partial charge in [-0.05, 0) is 65.9 Å². The van der Waals surface area contributed by atoms with Gasteiger partial charge in [-0.1, -0.05) is 48.0 Å². The highest BCUT2D eigenvalue weighted by Crippen LogP contribution is 2.33. The van der Waals surface area contributed by atoms with Crippen LogP contribution in [0.15, 0.2) is 59.5 Å². The summed E-state index contributed by atoms with van der Waals surface area (Å²) in [6.07, 6.45) is 5.29. The number of fused-ring (bicyclic) bond motifs is 1. The number of primary amides is 1. The van der Waals surface area contributed by atoms with Crippen LogP contribution < -0.4 is 21.3 Å². The van der Waals surface area contributed by atoms with E-state index in [4.69, 9.17) is 22.1 Å². The second-order valence-corrected chi connectivity index (χ2v) is 9.13. The van der Waals surface area contributed by atoms with Gasteiger partial charge >= 0.3 is 6.03 Å². The number of H-pyrrole nitrogens is 1. The van der Waals surface area contributed by atoms with Gasteiger partial charge in [-0.15, -0.1) is 0 Å². The zero-order valence-electron chi connectivity index (χ0n) is 19.6. The van der Waals surface area contributed by atoms with Crippen LogP contribution in [0.4, 0.5) is 4.79 Å². The summed E-state index contributed by atoms with van der Waals surface area (Å²) in [6.45, 7) is 2.34. The highest BCUT2D eigenvalue weighted by Gasteiger charge is 2.19. The molecular formula is C27H29ClN4O3. The number of hydrogen-bond donors (Lipinski definition) is 3. The number of halogens is 1. The number of likely N-dealkylation sites (N-methyl/N-ethyl adjacent to an activating group) is 1. The van der Waals surface area contributed by atoms with E-state index in [1.165, 1.54) is 11.1 Å². The molecular weight excluding hydrogens is 464 g/mol. The maximum absolute atomic E-state index is 12.8. The quantitative estimate of drug-likeness (QED) is 0.417. The third kappa shape index (κ3) is 6.53. The van der Waals surface area contributed by atoms with E-state index < -0.39 is 6.03 Å². The van der Waals surface area contributed by atoms with Gasteiger partial charge in [0.25, 0.3) is 5.56 Å². The second kappa shape index (κ2) is 11.3. The van der Waals surface area contributed by atoms with Crippen LogP contribution in [0.3, 0.4) is 0 Å². The molecule has 4 rings (SSSR count). The number of rotatable bonds is 9. The number of nitrogens with zero attached hydrogens (tertiary/aromatic N) is 1. The number of amides is 2. The number of urea groups is 1. The molecule has 8 heteroatoms. The van der Waals surface area contributed by atoms with Crippen LogP contribution in [0.25, 0.3) is 11.6 Å². The van der Waals surface area contributed by atoms with Gasteiger partial charge < -0.3 is 25.7 Å². The molecule has 0 aliphatic heterocycles. The molecule has 0 saturated carbocycles. The number of nitrogens with two attached hydrogens (primary N) is 1. The van der Waals surface area contributed by atoms with Crippen molar-refractivity contribution in [2.45, 2.75) is 26.0 Å². The summed E-state index contributed by atoms with van der Waals surface area (Å²) in [4.78, 5) is 28.5. The molecule has 0 unspecified atom stereocenters. The third-order valence-corrected chi connectivity index (χ3v) is 6.25. The largest absolute Gasteiger partial charge is 0.488 e. The number of ether oxygens (including phenoxy) is 1. The number of benzene rings is 2. The first-order chi connectivity index (χ1) is 16.9. The number of aryl methyl sites for hydroxylation is 1. The van der Waals surface area contributed by atoms with Crippen molar-refractivity contribution in [3.8, 4) is 5.75 Å². The van der Waals surface area contributed by atoms with Crippen LogP contribution in [-0.2, 0) is 19.6 Å². The highest BCUT2D eigenvalue weighted by atomic mass is 35.5. The van der Waals surface area contributed by atoms with E-state index in [9.17, 15) is 9.59 Å².